The van der Waals surface area contributed by atoms with Gasteiger partial charge in [-0.3, -0.25) is 8.97 Å². The van der Waals surface area contributed by atoms with E-state index in [4.69, 9.17) is 13.8 Å². The van der Waals surface area contributed by atoms with Crippen molar-refractivity contribution in [3.05, 3.63) is 187 Å². The smallest absolute Gasteiger partial charge is 0.220 e. The first-order valence-corrected chi connectivity index (χ1v) is 19.7. The molecular formula is C47H37N3OSi. The van der Waals surface area contributed by atoms with Gasteiger partial charge in [0, 0.05) is 26.3 Å². The normalized spacial score (nSPS) is 16.5. The van der Waals surface area contributed by atoms with Crippen LogP contribution in [0.2, 0.25) is 0 Å². The molecule has 4 nitrogen and oxygen atoms in total. The molecule has 0 aliphatic carbocycles. The number of benzene rings is 7. The van der Waals surface area contributed by atoms with Crippen LogP contribution in [-0.4, -0.2) is 22.0 Å². The molecule has 0 saturated carbocycles. The second-order valence-electron chi connectivity index (χ2n) is 13.9. The number of aryl methyl sites for hydroxylation is 1. The van der Waals surface area contributed by atoms with Crippen LogP contribution in [0.4, 0.5) is 0 Å². The van der Waals surface area contributed by atoms with Gasteiger partial charge in [-0.1, -0.05) is 147 Å². The van der Waals surface area contributed by atoms with Crippen molar-refractivity contribution in [1.82, 2.24) is 14.0 Å². The number of fused-ring (bicyclic) bond motifs is 7. The van der Waals surface area contributed by atoms with Crippen LogP contribution in [0, 0.1) is 6.92 Å². The second kappa shape index (κ2) is 11.4. The third-order valence-corrected chi connectivity index (χ3v) is 15.8. The van der Waals surface area contributed by atoms with Gasteiger partial charge in [0.15, 0.2) is 8.07 Å². The number of hydrogen-bond donors (Lipinski definition) is 0. The lowest BCUT2D eigenvalue weighted by Gasteiger charge is -2.40. The van der Waals surface area contributed by atoms with E-state index in [-0.39, 0.29) is 0 Å². The topological polar surface area (TPSA) is 31.5 Å². The van der Waals surface area contributed by atoms with Crippen LogP contribution < -0.4 is 25.5 Å². The van der Waals surface area contributed by atoms with E-state index in [1.165, 1.54) is 10.4 Å². The molecule has 52 heavy (non-hydrogen) atoms. The van der Waals surface area contributed by atoms with E-state index >= 15 is 0 Å². The molecular weight excluding hydrogens is 651 g/mol. The molecule has 5 heteroatoms. The third-order valence-electron chi connectivity index (χ3n) is 11.0. The number of para-hydroxylation sites is 5. The Balaban J connectivity index is 1.26. The Kier molecular flexibility index (Phi) is 6.05. The van der Waals surface area contributed by atoms with Gasteiger partial charge < -0.3 is 4.74 Å². The van der Waals surface area contributed by atoms with Crippen molar-refractivity contribution < 1.29 is 8.85 Å². The summed E-state index contributed by atoms with van der Waals surface area (Å²) in [5, 5.41) is 4.49. The number of ether oxygens (including phenoxy) is 1. The van der Waals surface area contributed by atoms with Gasteiger partial charge in [0.1, 0.15) is 11.5 Å². The average molecular weight is 691 g/mol. The molecule has 0 radical (unpaired) electrons. The van der Waals surface area contributed by atoms with Gasteiger partial charge >= 0.3 is 0 Å². The molecule has 0 fully saturated rings. The van der Waals surface area contributed by atoms with Crippen molar-refractivity contribution in [2.75, 3.05) is 0 Å². The molecule has 0 N–H and O–H groups in total. The summed E-state index contributed by atoms with van der Waals surface area (Å²) in [6.45, 7) is 1.61. The highest BCUT2D eigenvalue weighted by Gasteiger charge is 2.46. The van der Waals surface area contributed by atoms with Crippen LogP contribution in [0.5, 0.6) is 11.5 Å². The van der Waals surface area contributed by atoms with Gasteiger partial charge in [-0.15, -0.1) is 0 Å². The maximum absolute atomic E-state index is 8.94. The van der Waals surface area contributed by atoms with Gasteiger partial charge in [-0.25, -0.2) is 4.98 Å². The SMILES string of the molecule is [2H]C([2H])([2H])C1(C)c2ccccc2Oc2c1cccc2[Si](c1ccccc1)(c1ccccc1)c1ccc(-n2c3ccccc3n3c4cccc(C)c4nc23)cc1. The molecule has 2 aromatic heterocycles. The first-order valence-electron chi connectivity index (χ1n) is 19.2. The maximum atomic E-state index is 8.94. The molecule has 0 bridgehead atoms. The highest BCUT2D eigenvalue weighted by molar-refractivity contribution is 7.20. The monoisotopic (exact) mass is 690 g/mol. The molecule has 0 spiro atoms. The Bertz CT molecular complexity index is 2880. The average Bonchev–Trinajstić information content (AvgIpc) is 3.75. The van der Waals surface area contributed by atoms with E-state index in [2.05, 4.69) is 137 Å². The van der Waals surface area contributed by atoms with E-state index in [1.54, 1.807) is 0 Å². The van der Waals surface area contributed by atoms with Crippen molar-refractivity contribution >= 4 is 56.7 Å². The minimum atomic E-state index is -3.21. The summed E-state index contributed by atoms with van der Waals surface area (Å²) >= 11 is 0. The first-order chi connectivity index (χ1) is 26.7. The highest BCUT2D eigenvalue weighted by Crippen LogP contribution is 2.47. The Labute approximate surface area is 308 Å². The molecule has 250 valence electrons. The van der Waals surface area contributed by atoms with E-state index in [9.17, 15) is 0 Å². The predicted octanol–water partition coefficient (Wildman–Crippen LogP) is 8.55. The summed E-state index contributed by atoms with van der Waals surface area (Å²) in [6.07, 6.45) is 0. The summed E-state index contributed by atoms with van der Waals surface area (Å²) < 4.78 is 38.3. The summed E-state index contributed by atoms with van der Waals surface area (Å²) in [5.41, 5.74) is 6.43. The highest BCUT2D eigenvalue weighted by atomic mass is 28.3. The van der Waals surface area contributed by atoms with Crippen molar-refractivity contribution in [1.29, 1.82) is 0 Å². The molecule has 0 saturated heterocycles. The fourth-order valence-electron chi connectivity index (χ4n) is 8.58. The van der Waals surface area contributed by atoms with Gasteiger partial charge in [0.25, 0.3) is 0 Å². The number of hydrogen-bond acceptors (Lipinski definition) is 2. The number of rotatable bonds is 5. The molecule has 3 heterocycles. The van der Waals surface area contributed by atoms with Gasteiger partial charge in [0.2, 0.25) is 5.78 Å². The standard InChI is InChI=1S/C47H37N3OSi/c1-32-16-14-25-41-44(32)48-46-49(39-23-11-12-24-40(39)50(41)46)33-28-30-36(31-29-33)52(34-17-6-4-7-18-34,35-19-8-5-9-20-35)43-27-15-22-38-45(43)51-42-26-13-10-21-37(42)47(38,2)3/h4-31H,1-3H3/i2D3. The number of aromatic nitrogens is 3. The summed E-state index contributed by atoms with van der Waals surface area (Å²) in [6, 6.07) is 58.8. The van der Waals surface area contributed by atoms with Crippen LogP contribution in [0.1, 0.15) is 34.6 Å². The van der Waals surface area contributed by atoms with Crippen molar-refractivity contribution in [2.45, 2.75) is 26.1 Å². The lowest BCUT2D eigenvalue weighted by atomic mass is 9.76. The molecule has 1 atom stereocenters. The number of nitrogens with zero attached hydrogens (tertiary/aromatic N) is 3. The lowest BCUT2D eigenvalue weighted by molar-refractivity contribution is 0.421. The van der Waals surface area contributed by atoms with Crippen molar-refractivity contribution in [2.24, 2.45) is 0 Å². The zero-order valence-electron chi connectivity index (χ0n) is 31.9. The van der Waals surface area contributed by atoms with E-state index in [0.29, 0.717) is 22.6 Å². The van der Waals surface area contributed by atoms with E-state index in [1.807, 2.05) is 55.5 Å². The second-order valence-corrected chi connectivity index (χ2v) is 17.7. The van der Waals surface area contributed by atoms with Crippen LogP contribution in [0.25, 0.3) is 33.5 Å². The zero-order valence-corrected chi connectivity index (χ0v) is 29.9. The Morgan fingerprint density at radius 3 is 1.92 bits per heavy atom. The predicted molar refractivity (Wildman–Crippen MR) is 217 cm³/mol. The van der Waals surface area contributed by atoms with E-state index < -0.39 is 20.3 Å². The van der Waals surface area contributed by atoms with Gasteiger partial charge in [-0.05, 0) is 69.6 Å². The largest absolute Gasteiger partial charge is 0.457 e. The number of imidazole rings is 2. The molecule has 0 amide bonds. The quantitative estimate of drug-likeness (QED) is 0.134. The van der Waals surface area contributed by atoms with Crippen LogP contribution >= 0.6 is 0 Å². The fraction of sp³-hybridized carbons (Fsp3) is 0.0851. The molecule has 9 aromatic rings. The van der Waals surface area contributed by atoms with E-state index in [0.717, 1.165) is 49.5 Å². The Morgan fingerprint density at radius 1 is 0.596 bits per heavy atom. The minimum Gasteiger partial charge on any atom is -0.457 e. The minimum absolute atomic E-state index is 0.575. The summed E-state index contributed by atoms with van der Waals surface area (Å²) in [4.78, 5) is 5.21. The lowest BCUT2D eigenvalue weighted by Crippen LogP contribution is -2.75. The zero-order chi connectivity index (χ0) is 37.5. The van der Waals surface area contributed by atoms with Gasteiger partial charge in [-0.2, -0.15) is 0 Å². The van der Waals surface area contributed by atoms with Crippen LogP contribution in [0.15, 0.2) is 170 Å². The molecule has 7 aromatic carbocycles. The Morgan fingerprint density at radius 2 is 1.19 bits per heavy atom. The molecule has 1 aliphatic heterocycles. The van der Waals surface area contributed by atoms with Gasteiger partial charge in [0.05, 0.1) is 22.1 Å². The molecule has 1 unspecified atom stereocenters. The van der Waals surface area contributed by atoms with Crippen LogP contribution in [0.3, 0.4) is 0 Å². The maximum Gasteiger partial charge on any atom is 0.220 e. The van der Waals surface area contributed by atoms with Crippen LogP contribution in [-0.2, 0) is 5.41 Å². The third kappa shape index (κ3) is 4.23. The summed E-state index contributed by atoms with van der Waals surface area (Å²) in [7, 11) is -3.21. The fourth-order valence-corrected chi connectivity index (χ4v) is 13.4. The summed E-state index contributed by atoms with van der Waals surface area (Å²) in [5.74, 6) is 2.06. The molecule has 10 rings (SSSR count). The van der Waals surface area contributed by atoms with Crippen molar-refractivity contribution in [3.63, 3.8) is 0 Å². The molecule has 1 aliphatic rings. The first kappa shape index (κ1) is 27.5. The Hall–Kier alpha value is -6.17. The van der Waals surface area contributed by atoms with Crippen molar-refractivity contribution in [3.8, 4) is 17.2 Å².